The van der Waals surface area contributed by atoms with Crippen molar-refractivity contribution in [2.45, 2.75) is 19.3 Å². The van der Waals surface area contributed by atoms with Gasteiger partial charge < -0.3 is 4.90 Å². The zero-order valence-corrected chi connectivity index (χ0v) is 6.38. The van der Waals surface area contributed by atoms with Gasteiger partial charge in [0.05, 0.1) is 13.0 Å². The number of carbonyl (C=O) groups excluding carboxylic acids is 2. The second kappa shape index (κ2) is 2.32. The van der Waals surface area contributed by atoms with Crippen molar-refractivity contribution in [3.8, 4) is 0 Å². The molecule has 1 saturated heterocycles. The number of likely N-dealkylation sites (tertiary alicyclic amines) is 1. The van der Waals surface area contributed by atoms with Crippen LogP contribution in [-0.4, -0.2) is 29.7 Å². The zero-order valence-electron chi connectivity index (χ0n) is 6.38. The molecule has 1 saturated carbocycles. The highest BCUT2D eigenvalue weighted by molar-refractivity contribution is 6.05. The lowest BCUT2D eigenvalue weighted by molar-refractivity contribution is -0.128. The molecule has 2 rings (SSSR count). The van der Waals surface area contributed by atoms with Gasteiger partial charge in [-0.3, -0.25) is 9.59 Å². The van der Waals surface area contributed by atoms with Crippen LogP contribution in [0.5, 0.6) is 0 Å². The van der Waals surface area contributed by atoms with Crippen LogP contribution in [0.2, 0.25) is 0 Å². The fraction of sp³-hybridized carbons (Fsp3) is 0.750. The molecule has 0 aromatic carbocycles. The van der Waals surface area contributed by atoms with Crippen LogP contribution in [0.4, 0.5) is 0 Å². The quantitative estimate of drug-likeness (QED) is 0.531. The third-order valence-electron chi connectivity index (χ3n) is 2.24. The molecule has 3 nitrogen and oxygen atoms in total. The van der Waals surface area contributed by atoms with E-state index in [1.165, 1.54) is 12.8 Å². The molecule has 0 bridgehead atoms. The molecule has 2 fully saturated rings. The lowest BCUT2D eigenvalue weighted by Crippen LogP contribution is -2.27. The molecular formula is C8H11NO2. The van der Waals surface area contributed by atoms with Crippen molar-refractivity contribution >= 4 is 11.7 Å². The largest absolute Gasteiger partial charge is 0.335 e. The van der Waals surface area contributed by atoms with E-state index < -0.39 is 0 Å². The maximum atomic E-state index is 11.1. The number of nitrogens with zero attached hydrogens (tertiary/aromatic N) is 1. The average Bonchev–Trinajstić information content (AvgIpc) is 2.64. The van der Waals surface area contributed by atoms with Gasteiger partial charge in [0.1, 0.15) is 0 Å². The molecule has 1 heterocycles. The van der Waals surface area contributed by atoms with Gasteiger partial charge in [0.25, 0.3) is 0 Å². The molecule has 1 aliphatic heterocycles. The Labute approximate surface area is 65.4 Å². The van der Waals surface area contributed by atoms with E-state index in [9.17, 15) is 9.59 Å². The van der Waals surface area contributed by atoms with Crippen LogP contribution in [0, 0.1) is 5.92 Å². The smallest absolute Gasteiger partial charge is 0.230 e. The SMILES string of the molecule is O=C1CC(=O)N(CC2CC2)C1. The first-order valence-electron chi connectivity index (χ1n) is 4.05. The zero-order chi connectivity index (χ0) is 7.84. The molecule has 11 heavy (non-hydrogen) atoms. The standard InChI is InChI=1S/C8H11NO2/c10-7-3-8(11)9(5-7)4-6-1-2-6/h6H,1-5H2. The Kier molecular flexibility index (Phi) is 1.44. The lowest BCUT2D eigenvalue weighted by Gasteiger charge is -2.12. The first-order chi connectivity index (χ1) is 5.25. The van der Waals surface area contributed by atoms with Crippen molar-refractivity contribution in [2.24, 2.45) is 5.92 Å². The molecule has 0 radical (unpaired) electrons. The summed E-state index contributed by atoms with van der Waals surface area (Å²) in [5.74, 6) is 0.808. The second-order valence-corrected chi connectivity index (χ2v) is 3.43. The normalized spacial score (nSPS) is 24.9. The fourth-order valence-electron chi connectivity index (χ4n) is 1.42. The minimum absolute atomic E-state index is 0.0295. The van der Waals surface area contributed by atoms with Crippen LogP contribution in [-0.2, 0) is 9.59 Å². The van der Waals surface area contributed by atoms with E-state index in [0.717, 1.165) is 6.54 Å². The summed E-state index contributed by atoms with van der Waals surface area (Å²) < 4.78 is 0. The lowest BCUT2D eigenvalue weighted by atomic mass is 10.3. The molecular weight excluding hydrogens is 142 g/mol. The van der Waals surface area contributed by atoms with Gasteiger partial charge in [-0.25, -0.2) is 0 Å². The molecule has 0 atom stereocenters. The van der Waals surface area contributed by atoms with Crippen LogP contribution in [0.3, 0.4) is 0 Å². The van der Waals surface area contributed by atoms with Crippen LogP contribution < -0.4 is 0 Å². The number of amides is 1. The van der Waals surface area contributed by atoms with E-state index in [-0.39, 0.29) is 18.1 Å². The van der Waals surface area contributed by atoms with E-state index in [0.29, 0.717) is 12.5 Å². The molecule has 0 spiro atoms. The third-order valence-corrected chi connectivity index (χ3v) is 2.24. The summed E-state index contributed by atoms with van der Waals surface area (Å²) in [7, 11) is 0. The van der Waals surface area contributed by atoms with E-state index in [4.69, 9.17) is 0 Å². The number of hydrogen-bond acceptors (Lipinski definition) is 2. The topological polar surface area (TPSA) is 37.4 Å². The summed E-state index contributed by atoms with van der Waals surface area (Å²) in [6, 6.07) is 0. The van der Waals surface area contributed by atoms with E-state index in [1.807, 2.05) is 0 Å². The molecule has 0 aromatic heterocycles. The highest BCUT2D eigenvalue weighted by Crippen LogP contribution is 2.30. The number of Topliss-reactive ketones (excluding diaryl/α,β-unsaturated/α-hetero) is 1. The molecule has 0 N–H and O–H groups in total. The molecule has 0 unspecified atom stereocenters. The highest BCUT2D eigenvalue weighted by atomic mass is 16.2. The van der Waals surface area contributed by atoms with Crippen molar-refractivity contribution in [2.75, 3.05) is 13.1 Å². The summed E-state index contributed by atoms with van der Waals surface area (Å²) in [4.78, 5) is 23.6. The molecule has 1 amide bonds. The van der Waals surface area contributed by atoms with E-state index in [2.05, 4.69) is 0 Å². The minimum atomic E-state index is 0.0295. The first kappa shape index (κ1) is 6.83. The van der Waals surface area contributed by atoms with Crippen molar-refractivity contribution in [1.29, 1.82) is 0 Å². The van der Waals surface area contributed by atoms with Gasteiger partial charge in [-0.15, -0.1) is 0 Å². The maximum absolute atomic E-state index is 11.1. The van der Waals surface area contributed by atoms with Gasteiger partial charge in [0.2, 0.25) is 5.91 Å². The Bertz CT molecular complexity index is 208. The first-order valence-corrected chi connectivity index (χ1v) is 4.05. The number of hydrogen-bond donors (Lipinski definition) is 0. The third kappa shape index (κ3) is 1.42. The van der Waals surface area contributed by atoms with Crippen molar-refractivity contribution in [3.63, 3.8) is 0 Å². The van der Waals surface area contributed by atoms with Gasteiger partial charge in [0.15, 0.2) is 5.78 Å². The van der Waals surface area contributed by atoms with Gasteiger partial charge >= 0.3 is 0 Å². The Hall–Kier alpha value is -0.860. The van der Waals surface area contributed by atoms with Crippen LogP contribution >= 0.6 is 0 Å². The molecule has 60 valence electrons. The summed E-state index contributed by atoms with van der Waals surface area (Å²) >= 11 is 0. The predicted molar refractivity (Wildman–Crippen MR) is 38.9 cm³/mol. The number of carbonyl (C=O) groups is 2. The van der Waals surface area contributed by atoms with Gasteiger partial charge in [0, 0.05) is 6.54 Å². The van der Waals surface area contributed by atoms with Crippen LogP contribution in [0.1, 0.15) is 19.3 Å². The van der Waals surface area contributed by atoms with Crippen molar-refractivity contribution in [1.82, 2.24) is 4.90 Å². The Balaban J connectivity index is 1.91. The minimum Gasteiger partial charge on any atom is -0.335 e. The summed E-state index contributed by atoms with van der Waals surface area (Å²) in [6.45, 7) is 1.19. The van der Waals surface area contributed by atoms with Crippen LogP contribution in [0.25, 0.3) is 0 Å². The van der Waals surface area contributed by atoms with Gasteiger partial charge in [-0.1, -0.05) is 0 Å². The van der Waals surface area contributed by atoms with Crippen LogP contribution in [0.15, 0.2) is 0 Å². The van der Waals surface area contributed by atoms with Gasteiger partial charge in [-0.2, -0.15) is 0 Å². The predicted octanol–water partition coefficient (Wildman–Crippen LogP) is 0.198. The van der Waals surface area contributed by atoms with Gasteiger partial charge in [-0.05, 0) is 18.8 Å². The Morgan fingerprint density at radius 3 is 2.55 bits per heavy atom. The molecule has 1 aliphatic carbocycles. The molecule has 3 heteroatoms. The summed E-state index contributed by atoms with van der Waals surface area (Å²) in [6.07, 6.45) is 2.61. The maximum Gasteiger partial charge on any atom is 0.230 e. The van der Waals surface area contributed by atoms with E-state index in [1.54, 1.807) is 4.90 Å². The van der Waals surface area contributed by atoms with E-state index >= 15 is 0 Å². The molecule has 0 aromatic rings. The van der Waals surface area contributed by atoms with Crippen molar-refractivity contribution in [3.05, 3.63) is 0 Å². The second-order valence-electron chi connectivity index (χ2n) is 3.43. The number of ketones is 1. The Morgan fingerprint density at radius 2 is 2.09 bits per heavy atom. The summed E-state index contributed by atoms with van der Waals surface area (Å²) in [5.41, 5.74) is 0. The number of rotatable bonds is 2. The summed E-state index contributed by atoms with van der Waals surface area (Å²) in [5, 5.41) is 0. The highest BCUT2D eigenvalue weighted by Gasteiger charge is 2.32. The van der Waals surface area contributed by atoms with Crippen molar-refractivity contribution < 1.29 is 9.59 Å². The molecule has 2 aliphatic rings. The monoisotopic (exact) mass is 153 g/mol. The average molecular weight is 153 g/mol. The Morgan fingerprint density at radius 1 is 1.36 bits per heavy atom. The fourth-order valence-corrected chi connectivity index (χ4v) is 1.42.